The van der Waals surface area contributed by atoms with E-state index in [2.05, 4.69) is 9.97 Å². The molecule has 0 amide bonds. The van der Waals surface area contributed by atoms with Gasteiger partial charge in [0.2, 0.25) is 5.95 Å². The van der Waals surface area contributed by atoms with Crippen molar-refractivity contribution in [2.75, 3.05) is 18.0 Å². The Morgan fingerprint density at radius 3 is 2.31 bits per heavy atom. The lowest BCUT2D eigenvalue weighted by Crippen LogP contribution is -2.26. The van der Waals surface area contributed by atoms with Gasteiger partial charge in [0, 0.05) is 5.69 Å². The molecule has 0 unspecified atom stereocenters. The summed E-state index contributed by atoms with van der Waals surface area (Å²) in [5, 5.41) is 25.9. The van der Waals surface area contributed by atoms with Gasteiger partial charge in [0.15, 0.2) is 0 Å². The molecule has 0 N–H and O–H groups in total. The Kier molecular flexibility index (Phi) is 3.77. The molecular weight excluding hydrogens is 204 g/mol. The molecule has 0 saturated carbocycles. The van der Waals surface area contributed by atoms with E-state index in [1.807, 2.05) is 18.2 Å². The molecule has 6 nitrogen and oxygen atoms in total. The summed E-state index contributed by atoms with van der Waals surface area (Å²) in [6.07, 6.45) is 0. The fourth-order valence-electron chi connectivity index (χ4n) is 1.12. The molecule has 1 rings (SSSR count). The molecule has 0 fully saturated rings. The largest absolute Gasteiger partial charge is 0.314 e. The van der Waals surface area contributed by atoms with Crippen LogP contribution in [0.25, 0.3) is 0 Å². The highest BCUT2D eigenvalue weighted by Crippen LogP contribution is 2.09. The molecule has 0 aliphatic heterocycles. The predicted molar refractivity (Wildman–Crippen MR) is 54.9 cm³/mol. The van der Waals surface area contributed by atoms with Crippen LogP contribution in [0.15, 0.2) is 6.07 Å². The van der Waals surface area contributed by atoms with Crippen LogP contribution in [-0.4, -0.2) is 23.1 Å². The van der Waals surface area contributed by atoms with Crippen molar-refractivity contribution in [2.24, 2.45) is 0 Å². The number of hydrogen-bond acceptors (Lipinski definition) is 6. The van der Waals surface area contributed by atoms with E-state index in [4.69, 9.17) is 15.8 Å². The van der Waals surface area contributed by atoms with E-state index in [9.17, 15) is 0 Å². The Labute approximate surface area is 93.0 Å². The van der Waals surface area contributed by atoms with Crippen molar-refractivity contribution in [1.82, 2.24) is 9.97 Å². The van der Waals surface area contributed by atoms with Gasteiger partial charge < -0.3 is 4.90 Å². The molecule has 1 aromatic heterocycles. The maximum Gasteiger partial charge on any atom is 0.228 e. The molecule has 1 aromatic rings. The number of hydrogen-bond donors (Lipinski definition) is 0. The molecule has 0 bridgehead atoms. The second kappa shape index (κ2) is 5.29. The van der Waals surface area contributed by atoms with E-state index >= 15 is 0 Å². The number of aryl methyl sites for hydroxylation is 1. The summed E-state index contributed by atoms with van der Waals surface area (Å²) in [5.74, 6) is 0.236. The van der Waals surface area contributed by atoms with E-state index in [1.54, 1.807) is 13.0 Å². The van der Waals surface area contributed by atoms with Crippen LogP contribution in [0.5, 0.6) is 0 Å². The molecule has 0 aliphatic carbocycles. The van der Waals surface area contributed by atoms with Crippen molar-refractivity contribution in [3.63, 3.8) is 0 Å². The second-order valence-electron chi connectivity index (χ2n) is 2.98. The maximum atomic E-state index is 8.74. The van der Waals surface area contributed by atoms with Gasteiger partial charge in [-0.1, -0.05) is 0 Å². The van der Waals surface area contributed by atoms with Gasteiger partial charge >= 0.3 is 0 Å². The molecule has 0 radical (unpaired) electrons. The number of aromatic nitrogens is 2. The lowest BCUT2D eigenvalue weighted by atomic mass is 10.3. The van der Waals surface area contributed by atoms with Gasteiger partial charge in [-0.05, 0) is 13.0 Å². The van der Waals surface area contributed by atoms with E-state index in [1.165, 1.54) is 4.90 Å². The van der Waals surface area contributed by atoms with Crippen molar-refractivity contribution in [3.8, 4) is 18.2 Å². The van der Waals surface area contributed by atoms with Crippen LogP contribution in [-0.2, 0) is 0 Å². The molecule has 6 heteroatoms. The van der Waals surface area contributed by atoms with Crippen LogP contribution in [0.2, 0.25) is 0 Å². The Morgan fingerprint density at radius 1 is 1.19 bits per heavy atom. The first kappa shape index (κ1) is 11.4. The van der Waals surface area contributed by atoms with Gasteiger partial charge in [-0.15, -0.1) is 0 Å². The van der Waals surface area contributed by atoms with Crippen LogP contribution in [0.1, 0.15) is 11.4 Å². The van der Waals surface area contributed by atoms with E-state index in [-0.39, 0.29) is 24.7 Å². The number of rotatable bonds is 3. The first-order chi connectivity index (χ1) is 7.71. The second-order valence-corrected chi connectivity index (χ2v) is 2.98. The third-order valence-electron chi connectivity index (χ3n) is 1.76. The fraction of sp³-hybridized carbons (Fsp3) is 0.300. The van der Waals surface area contributed by atoms with Gasteiger partial charge in [-0.3, -0.25) is 0 Å². The van der Waals surface area contributed by atoms with Crippen molar-refractivity contribution in [1.29, 1.82) is 15.8 Å². The summed E-state index contributed by atoms with van der Waals surface area (Å²) in [4.78, 5) is 9.43. The number of anilines is 1. The predicted octanol–water partition coefficient (Wildman–Crippen LogP) is 0.510. The Morgan fingerprint density at radius 2 is 1.81 bits per heavy atom. The van der Waals surface area contributed by atoms with Crippen LogP contribution in [0, 0.1) is 40.9 Å². The molecule has 0 saturated heterocycles. The average Bonchev–Trinajstić information content (AvgIpc) is 2.28. The van der Waals surface area contributed by atoms with Crippen molar-refractivity contribution in [2.45, 2.75) is 6.92 Å². The highest BCUT2D eigenvalue weighted by molar-refractivity contribution is 5.38. The van der Waals surface area contributed by atoms with E-state index in [0.717, 1.165) is 0 Å². The minimum Gasteiger partial charge on any atom is -0.314 e. The van der Waals surface area contributed by atoms with Crippen LogP contribution in [0.3, 0.4) is 0 Å². The highest BCUT2D eigenvalue weighted by Gasteiger charge is 2.10. The van der Waals surface area contributed by atoms with Gasteiger partial charge in [-0.25, -0.2) is 9.97 Å². The van der Waals surface area contributed by atoms with E-state index < -0.39 is 0 Å². The smallest absolute Gasteiger partial charge is 0.228 e. The van der Waals surface area contributed by atoms with Crippen molar-refractivity contribution < 1.29 is 0 Å². The zero-order chi connectivity index (χ0) is 12.0. The zero-order valence-corrected chi connectivity index (χ0v) is 8.67. The van der Waals surface area contributed by atoms with Gasteiger partial charge in [0.05, 0.1) is 12.1 Å². The molecule has 0 atom stereocenters. The summed E-state index contributed by atoms with van der Waals surface area (Å²) in [6, 6.07) is 7.29. The topological polar surface area (TPSA) is 100 Å². The molecule has 0 spiro atoms. The number of nitrogens with zero attached hydrogens (tertiary/aromatic N) is 6. The first-order valence-electron chi connectivity index (χ1n) is 4.46. The molecule has 16 heavy (non-hydrogen) atoms. The molecule has 1 heterocycles. The van der Waals surface area contributed by atoms with Crippen LogP contribution in [0.4, 0.5) is 5.95 Å². The Bertz CT molecular complexity index is 486. The Hall–Kier alpha value is -2.65. The molecule has 0 aromatic carbocycles. The highest BCUT2D eigenvalue weighted by atomic mass is 15.2. The lowest BCUT2D eigenvalue weighted by molar-refractivity contribution is 0.884. The van der Waals surface area contributed by atoms with Crippen molar-refractivity contribution in [3.05, 3.63) is 17.5 Å². The summed E-state index contributed by atoms with van der Waals surface area (Å²) in [6.45, 7) is 1.76. The first-order valence-corrected chi connectivity index (χ1v) is 4.46. The third-order valence-corrected chi connectivity index (χ3v) is 1.76. The zero-order valence-electron chi connectivity index (χ0n) is 8.67. The summed E-state index contributed by atoms with van der Waals surface area (Å²) in [7, 11) is 0. The quantitative estimate of drug-likeness (QED) is 0.676. The third kappa shape index (κ3) is 2.67. The SMILES string of the molecule is Cc1cc(C#N)nc(N(CC#N)CC#N)n1. The van der Waals surface area contributed by atoms with Gasteiger partial charge in [0.25, 0.3) is 0 Å². The lowest BCUT2D eigenvalue weighted by Gasteiger charge is -2.15. The molecular formula is C10H8N6. The maximum absolute atomic E-state index is 8.74. The van der Waals surface area contributed by atoms with E-state index in [0.29, 0.717) is 5.69 Å². The standard InChI is InChI=1S/C10H8N6/c1-8-6-9(7-13)15-10(14-8)16(4-2-11)5-3-12/h6H,4-5H2,1H3. The Balaban J connectivity index is 3.11. The van der Waals surface area contributed by atoms with Gasteiger partial charge in [-0.2, -0.15) is 15.8 Å². The summed E-state index contributed by atoms with van der Waals surface area (Å²) < 4.78 is 0. The van der Waals surface area contributed by atoms with Crippen LogP contribution < -0.4 is 4.90 Å². The molecule has 0 aliphatic rings. The van der Waals surface area contributed by atoms with Gasteiger partial charge in [0.1, 0.15) is 24.9 Å². The minimum absolute atomic E-state index is 0.0158. The minimum atomic E-state index is 0.0158. The fourth-order valence-corrected chi connectivity index (χ4v) is 1.12. The summed E-state index contributed by atoms with van der Waals surface area (Å²) >= 11 is 0. The van der Waals surface area contributed by atoms with Crippen LogP contribution >= 0.6 is 0 Å². The average molecular weight is 212 g/mol. The summed E-state index contributed by atoms with van der Waals surface area (Å²) in [5.41, 5.74) is 0.853. The number of nitriles is 3. The molecule has 78 valence electrons. The van der Waals surface area contributed by atoms with Crippen molar-refractivity contribution >= 4 is 5.95 Å². The normalized spacial score (nSPS) is 8.62. The monoisotopic (exact) mass is 212 g/mol.